The highest BCUT2D eigenvalue weighted by Crippen LogP contribution is 2.12. The average molecular weight is 490 g/mol. The van der Waals surface area contributed by atoms with Crippen LogP contribution in [0.3, 0.4) is 0 Å². The van der Waals surface area contributed by atoms with Crippen molar-refractivity contribution in [1.82, 2.24) is 15.5 Å². The van der Waals surface area contributed by atoms with Crippen LogP contribution in [0.5, 0.6) is 5.75 Å². The van der Waals surface area contributed by atoms with Gasteiger partial charge in [0.05, 0.1) is 7.11 Å². The molecule has 1 amide bonds. The minimum absolute atomic E-state index is 0. The molecule has 1 aliphatic rings. The molecule has 27 heavy (non-hydrogen) atoms. The van der Waals surface area contributed by atoms with Crippen LogP contribution in [0.1, 0.15) is 31.7 Å². The van der Waals surface area contributed by atoms with Crippen molar-refractivity contribution < 1.29 is 14.6 Å². The second-order valence-corrected chi connectivity index (χ2v) is 6.41. The Morgan fingerprint density at radius 2 is 1.96 bits per heavy atom. The van der Waals surface area contributed by atoms with E-state index in [0.29, 0.717) is 24.9 Å². The van der Waals surface area contributed by atoms with E-state index in [4.69, 9.17) is 4.74 Å². The quantitative estimate of drug-likeness (QED) is 0.247. The smallest absolute Gasteiger partial charge is 0.409 e. The summed E-state index contributed by atoms with van der Waals surface area (Å²) in [4.78, 5) is 17.9. The summed E-state index contributed by atoms with van der Waals surface area (Å²) in [5.41, 5.74) is 1.20. The normalized spacial score (nSPS) is 15.0. The Labute approximate surface area is 178 Å². The van der Waals surface area contributed by atoms with E-state index in [1.807, 2.05) is 19.1 Å². The number of aryl methyl sites for hydroxylation is 1. The molecule has 0 unspecified atom stereocenters. The molecular formula is C19H31IN4O3. The Morgan fingerprint density at radius 1 is 1.30 bits per heavy atom. The average Bonchev–Trinajstić information content (AvgIpc) is 2.66. The van der Waals surface area contributed by atoms with Gasteiger partial charge in [-0.25, -0.2) is 4.79 Å². The van der Waals surface area contributed by atoms with Gasteiger partial charge < -0.3 is 25.4 Å². The lowest BCUT2D eigenvalue weighted by Gasteiger charge is -2.32. The molecule has 1 aromatic carbocycles. The van der Waals surface area contributed by atoms with Crippen molar-refractivity contribution in [2.75, 3.05) is 33.3 Å². The van der Waals surface area contributed by atoms with E-state index in [1.54, 1.807) is 17.0 Å². The first-order valence-electron chi connectivity index (χ1n) is 9.28. The van der Waals surface area contributed by atoms with Crippen LogP contribution in [0.2, 0.25) is 0 Å². The van der Waals surface area contributed by atoms with Crippen LogP contribution >= 0.6 is 24.0 Å². The molecular weight excluding hydrogens is 459 g/mol. The number of amides is 1. The summed E-state index contributed by atoms with van der Waals surface area (Å²) in [6, 6.07) is 7.62. The first-order valence-corrected chi connectivity index (χ1v) is 9.28. The third kappa shape index (κ3) is 8.23. The number of phenols is 1. The number of hydrogen-bond acceptors (Lipinski definition) is 4. The first kappa shape index (κ1) is 23.3. The van der Waals surface area contributed by atoms with Gasteiger partial charge in [0, 0.05) is 32.2 Å². The zero-order chi connectivity index (χ0) is 18.8. The molecule has 7 nitrogen and oxygen atoms in total. The van der Waals surface area contributed by atoms with Crippen LogP contribution < -0.4 is 10.6 Å². The van der Waals surface area contributed by atoms with Gasteiger partial charge in [0.15, 0.2) is 5.96 Å². The van der Waals surface area contributed by atoms with E-state index in [2.05, 4.69) is 15.6 Å². The van der Waals surface area contributed by atoms with E-state index in [9.17, 15) is 9.90 Å². The highest BCUT2D eigenvalue weighted by molar-refractivity contribution is 14.0. The number of carbonyl (C=O) groups is 1. The summed E-state index contributed by atoms with van der Waals surface area (Å²) in [6.45, 7) is 4.99. The second-order valence-electron chi connectivity index (χ2n) is 6.41. The number of piperidine rings is 1. The standard InChI is InChI=1S/C19H30N4O3.HI/c1-3-20-18(21-12-4-5-15-6-8-17(24)9-7-15)22-16-10-13-23(14-11-16)19(25)26-2;/h6-9,16,24H,3-5,10-14H2,1-2H3,(H2,20,21,22);1H. The summed E-state index contributed by atoms with van der Waals surface area (Å²) < 4.78 is 4.77. The second kappa shape index (κ2) is 12.6. The molecule has 0 bridgehead atoms. The van der Waals surface area contributed by atoms with Crippen molar-refractivity contribution in [3.8, 4) is 5.75 Å². The number of halogens is 1. The Bertz CT molecular complexity index is 587. The van der Waals surface area contributed by atoms with E-state index < -0.39 is 0 Å². The molecule has 1 saturated heterocycles. The number of guanidine groups is 1. The molecule has 0 aromatic heterocycles. The van der Waals surface area contributed by atoms with Crippen molar-refractivity contribution in [1.29, 1.82) is 0 Å². The first-order chi connectivity index (χ1) is 12.6. The molecule has 0 saturated carbocycles. The number of carbonyl (C=O) groups excluding carboxylic acids is 1. The van der Waals surface area contributed by atoms with Crippen LogP contribution in [0.15, 0.2) is 29.3 Å². The number of benzene rings is 1. The molecule has 0 spiro atoms. The molecule has 152 valence electrons. The molecule has 0 atom stereocenters. The van der Waals surface area contributed by atoms with E-state index in [0.717, 1.165) is 44.7 Å². The number of likely N-dealkylation sites (tertiary alicyclic amines) is 1. The monoisotopic (exact) mass is 490 g/mol. The molecule has 2 rings (SSSR count). The van der Waals surface area contributed by atoms with Gasteiger partial charge in [-0.1, -0.05) is 12.1 Å². The van der Waals surface area contributed by atoms with Crippen LogP contribution in [0, 0.1) is 0 Å². The fourth-order valence-corrected chi connectivity index (χ4v) is 2.99. The molecule has 1 aliphatic heterocycles. The SMILES string of the molecule is CCNC(=NCCCc1ccc(O)cc1)NC1CCN(C(=O)OC)CC1.I. The lowest BCUT2D eigenvalue weighted by molar-refractivity contribution is 0.111. The Kier molecular flexibility index (Phi) is 10.9. The van der Waals surface area contributed by atoms with E-state index in [1.165, 1.54) is 12.7 Å². The molecule has 1 aromatic rings. The van der Waals surface area contributed by atoms with Gasteiger partial charge in [-0.2, -0.15) is 0 Å². The predicted octanol–water partition coefficient (Wildman–Crippen LogP) is 2.73. The molecule has 0 aliphatic carbocycles. The lowest BCUT2D eigenvalue weighted by Crippen LogP contribution is -2.49. The Balaban J connectivity index is 0.00000364. The van der Waals surface area contributed by atoms with E-state index in [-0.39, 0.29) is 30.1 Å². The van der Waals surface area contributed by atoms with E-state index >= 15 is 0 Å². The summed E-state index contributed by atoms with van der Waals surface area (Å²) in [5.74, 6) is 1.12. The number of rotatable bonds is 6. The summed E-state index contributed by atoms with van der Waals surface area (Å²) in [7, 11) is 1.42. The highest BCUT2D eigenvalue weighted by Gasteiger charge is 2.23. The maximum Gasteiger partial charge on any atom is 0.409 e. The zero-order valence-electron chi connectivity index (χ0n) is 16.1. The topological polar surface area (TPSA) is 86.2 Å². The third-order valence-electron chi connectivity index (χ3n) is 4.44. The summed E-state index contributed by atoms with van der Waals surface area (Å²) in [6.07, 6.45) is 3.39. The molecule has 1 fully saturated rings. The van der Waals surface area contributed by atoms with Gasteiger partial charge >= 0.3 is 6.09 Å². The number of phenolic OH excluding ortho intramolecular Hbond substituents is 1. The maximum absolute atomic E-state index is 11.5. The minimum atomic E-state index is -0.252. The van der Waals surface area contributed by atoms with Crippen molar-refractivity contribution in [2.24, 2.45) is 4.99 Å². The molecule has 3 N–H and O–H groups in total. The van der Waals surface area contributed by atoms with Crippen LogP contribution in [-0.2, 0) is 11.2 Å². The fourth-order valence-electron chi connectivity index (χ4n) is 2.99. The van der Waals surface area contributed by atoms with Gasteiger partial charge in [-0.05, 0) is 50.3 Å². The van der Waals surface area contributed by atoms with Crippen LogP contribution in [-0.4, -0.2) is 61.4 Å². The Morgan fingerprint density at radius 3 is 2.56 bits per heavy atom. The molecule has 8 heteroatoms. The molecule has 1 heterocycles. The van der Waals surface area contributed by atoms with Gasteiger partial charge in [-0.15, -0.1) is 24.0 Å². The van der Waals surface area contributed by atoms with Gasteiger partial charge in [0.25, 0.3) is 0 Å². The number of nitrogens with zero attached hydrogens (tertiary/aromatic N) is 2. The number of aliphatic imine (C=N–C) groups is 1. The van der Waals surface area contributed by atoms with Crippen molar-refractivity contribution in [2.45, 2.75) is 38.6 Å². The zero-order valence-corrected chi connectivity index (χ0v) is 18.4. The third-order valence-corrected chi connectivity index (χ3v) is 4.44. The lowest BCUT2D eigenvalue weighted by atomic mass is 10.1. The Hall–Kier alpha value is -1.71. The summed E-state index contributed by atoms with van der Waals surface area (Å²) in [5, 5.41) is 16.1. The van der Waals surface area contributed by atoms with Gasteiger partial charge in [0.1, 0.15) is 5.75 Å². The molecule has 0 radical (unpaired) electrons. The van der Waals surface area contributed by atoms with Gasteiger partial charge in [-0.3, -0.25) is 4.99 Å². The maximum atomic E-state index is 11.5. The van der Waals surface area contributed by atoms with Crippen LogP contribution in [0.4, 0.5) is 4.79 Å². The number of aromatic hydroxyl groups is 1. The van der Waals surface area contributed by atoms with Crippen molar-refractivity contribution in [3.05, 3.63) is 29.8 Å². The number of ether oxygens (including phenoxy) is 1. The number of methoxy groups -OCH3 is 1. The largest absolute Gasteiger partial charge is 0.508 e. The minimum Gasteiger partial charge on any atom is -0.508 e. The predicted molar refractivity (Wildman–Crippen MR) is 118 cm³/mol. The fraction of sp³-hybridized carbons (Fsp3) is 0.579. The number of nitrogens with one attached hydrogen (secondary N) is 2. The van der Waals surface area contributed by atoms with Crippen LogP contribution in [0.25, 0.3) is 0 Å². The summed E-state index contributed by atoms with van der Waals surface area (Å²) >= 11 is 0. The van der Waals surface area contributed by atoms with Crippen molar-refractivity contribution in [3.63, 3.8) is 0 Å². The van der Waals surface area contributed by atoms with Gasteiger partial charge in [0.2, 0.25) is 0 Å². The van der Waals surface area contributed by atoms with Crippen molar-refractivity contribution >= 4 is 36.0 Å². The number of hydrogen-bond donors (Lipinski definition) is 3. The highest BCUT2D eigenvalue weighted by atomic mass is 127.